The topological polar surface area (TPSA) is 61.7 Å². The summed E-state index contributed by atoms with van der Waals surface area (Å²) in [6.07, 6.45) is 18.2. The molecule has 0 amide bonds. The third-order valence-electron chi connectivity index (χ3n) is 5.16. The third kappa shape index (κ3) is 8.50. The number of carbonyl (C=O) groups is 1. The predicted octanol–water partition coefficient (Wildman–Crippen LogP) is 6.63. The van der Waals surface area contributed by atoms with Crippen molar-refractivity contribution in [3.8, 4) is 0 Å². The maximum absolute atomic E-state index is 10.9. The Morgan fingerprint density at radius 3 is 1.58 bits per heavy atom. The number of anilines is 1. The summed E-state index contributed by atoms with van der Waals surface area (Å²) >= 11 is 0. The fourth-order valence-corrected chi connectivity index (χ4v) is 3.49. The summed E-state index contributed by atoms with van der Waals surface area (Å²) in [5, 5.41) is 13.6. The van der Waals surface area contributed by atoms with Gasteiger partial charge >= 0.3 is 5.97 Å². The molecule has 2 rings (SSSR count). The number of hydrazone groups is 1. The quantitative estimate of drug-likeness (QED) is 0.596. The lowest BCUT2D eigenvalue weighted by atomic mass is 10.0. The van der Waals surface area contributed by atoms with Crippen LogP contribution in [0.15, 0.2) is 29.4 Å². The maximum atomic E-state index is 10.9. The fourth-order valence-electron chi connectivity index (χ4n) is 3.49. The molecule has 1 saturated carbocycles. The number of hydrogen-bond donors (Lipinski definition) is 2. The summed E-state index contributed by atoms with van der Waals surface area (Å²) < 4.78 is 0. The molecule has 0 aliphatic heterocycles. The molecule has 0 atom stereocenters. The molecule has 1 aromatic rings. The molecular formula is C22H34N2O2. The minimum atomic E-state index is -0.898. The summed E-state index contributed by atoms with van der Waals surface area (Å²) in [6, 6.07) is 6.78. The van der Waals surface area contributed by atoms with Crippen LogP contribution in [0.5, 0.6) is 0 Å². The van der Waals surface area contributed by atoms with Crippen molar-refractivity contribution in [2.75, 3.05) is 5.43 Å². The fraction of sp³-hybridized carbons (Fsp3) is 0.636. The third-order valence-corrected chi connectivity index (χ3v) is 5.16. The molecule has 0 saturated heterocycles. The summed E-state index contributed by atoms with van der Waals surface area (Å²) in [7, 11) is 0. The molecule has 144 valence electrons. The van der Waals surface area contributed by atoms with Gasteiger partial charge in [-0.1, -0.05) is 64.2 Å². The van der Waals surface area contributed by atoms with Crippen LogP contribution in [0.25, 0.3) is 0 Å². The van der Waals surface area contributed by atoms with Gasteiger partial charge in [-0.05, 0) is 49.9 Å². The summed E-state index contributed by atoms with van der Waals surface area (Å²) in [5.41, 5.74) is 5.52. The van der Waals surface area contributed by atoms with Crippen molar-refractivity contribution in [2.45, 2.75) is 89.9 Å². The smallest absolute Gasteiger partial charge is 0.335 e. The standard InChI is InChI=1S/C22H34N2O2/c25-22(26)19-15-17-21(18-16-19)24-23-20-13-11-9-7-5-3-1-2-4-6-8-10-12-14-20/h15-18,24H,1-14H2,(H,25,26). The molecule has 2 N–H and O–H groups in total. The molecule has 0 aromatic heterocycles. The van der Waals surface area contributed by atoms with Crippen molar-refractivity contribution in [1.29, 1.82) is 0 Å². The first kappa shape index (κ1) is 20.5. The van der Waals surface area contributed by atoms with E-state index in [-0.39, 0.29) is 0 Å². The van der Waals surface area contributed by atoms with Gasteiger partial charge in [0.2, 0.25) is 0 Å². The van der Waals surface area contributed by atoms with Gasteiger partial charge in [-0.15, -0.1) is 0 Å². The van der Waals surface area contributed by atoms with Crippen molar-refractivity contribution in [3.05, 3.63) is 29.8 Å². The Balaban J connectivity index is 1.86. The van der Waals surface area contributed by atoms with Crippen LogP contribution in [0.1, 0.15) is 100 Å². The Morgan fingerprint density at radius 1 is 0.731 bits per heavy atom. The lowest BCUT2D eigenvalue weighted by Crippen LogP contribution is -2.04. The average Bonchev–Trinajstić information content (AvgIpc) is 2.66. The van der Waals surface area contributed by atoms with E-state index in [2.05, 4.69) is 10.5 Å². The minimum Gasteiger partial charge on any atom is -0.478 e. The number of carboxylic acid groups (broad SMARTS) is 1. The van der Waals surface area contributed by atoms with Gasteiger partial charge in [-0.3, -0.25) is 5.43 Å². The number of nitrogens with zero attached hydrogens (tertiary/aromatic N) is 1. The molecule has 0 unspecified atom stereocenters. The highest BCUT2D eigenvalue weighted by molar-refractivity contribution is 5.88. The van der Waals surface area contributed by atoms with E-state index in [1.807, 2.05) is 0 Å². The summed E-state index contributed by atoms with van der Waals surface area (Å²) in [4.78, 5) is 10.9. The lowest BCUT2D eigenvalue weighted by Gasteiger charge is -2.08. The van der Waals surface area contributed by atoms with E-state index in [9.17, 15) is 4.79 Å². The Kier molecular flexibility index (Phi) is 9.84. The molecule has 1 aromatic carbocycles. The van der Waals surface area contributed by atoms with Crippen LogP contribution in [0, 0.1) is 0 Å². The van der Waals surface area contributed by atoms with E-state index in [0.717, 1.165) is 18.5 Å². The Labute approximate surface area is 158 Å². The van der Waals surface area contributed by atoms with Gasteiger partial charge in [0.1, 0.15) is 0 Å². The first-order valence-corrected chi connectivity index (χ1v) is 10.4. The molecule has 4 heteroatoms. The zero-order valence-electron chi connectivity index (χ0n) is 16.0. The molecule has 1 aliphatic carbocycles. The monoisotopic (exact) mass is 358 g/mol. The Morgan fingerprint density at radius 2 is 1.15 bits per heavy atom. The van der Waals surface area contributed by atoms with E-state index >= 15 is 0 Å². The lowest BCUT2D eigenvalue weighted by molar-refractivity contribution is 0.0697. The molecule has 0 bridgehead atoms. The largest absolute Gasteiger partial charge is 0.478 e. The van der Waals surface area contributed by atoms with Crippen molar-refractivity contribution >= 4 is 17.4 Å². The van der Waals surface area contributed by atoms with Crippen LogP contribution >= 0.6 is 0 Å². The highest BCUT2D eigenvalue weighted by Gasteiger charge is 2.04. The highest BCUT2D eigenvalue weighted by Crippen LogP contribution is 2.16. The van der Waals surface area contributed by atoms with Crippen LogP contribution in [0.2, 0.25) is 0 Å². The van der Waals surface area contributed by atoms with Crippen molar-refractivity contribution < 1.29 is 9.90 Å². The molecule has 0 spiro atoms. The molecule has 1 fully saturated rings. The van der Waals surface area contributed by atoms with Crippen molar-refractivity contribution in [3.63, 3.8) is 0 Å². The maximum Gasteiger partial charge on any atom is 0.335 e. The van der Waals surface area contributed by atoms with Gasteiger partial charge in [-0.2, -0.15) is 5.10 Å². The Hall–Kier alpha value is -1.84. The minimum absolute atomic E-state index is 0.303. The average molecular weight is 359 g/mol. The van der Waals surface area contributed by atoms with Crippen LogP contribution in [-0.4, -0.2) is 16.8 Å². The van der Waals surface area contributed by atoms with Crippen LogP contribution in [0.3, 0.4) is 0 Å². The number of hydrogen-bond acceptors (Lipinski definition) is 3. The second kappa shape index (κ2) is 12.5. The van der Waals surface area contributed by atoms with E-state index in [1.54, 1.807) is 24.3 Å². The summed E-state index contributed by atoms with van der Waals surface area (Å²) in [5.74, 6) is -0.898. The predicted molar refractivity (Wildman–Crippen MR) is 109 cm³/mol. The highest BCUT2D eigenvalue weighted by atomic mass is 16.4. The van der Waals surface area contributed by atoms with Crippen LogP contribution < -0.4 is 5.43 Å². The molecular weight excluding hydrogens is 324 g/mol. The number of carboxylic acids is 1. The molecule has 0 radical (unpaired) electrons. The second-order valence-corrected chi connectivity index (χ2v) is 7.41. The molecule has 26 heavy (non-hydrogen) atoms. The van der Waals surface area contributed by atoms with Gasteiger partial charge in [-0.25, -0.2) is 4.79 Å². The molecule has 4 nitrogen and oxygen atoms in total. The number of nitrogens with one attached hydrogen (secondary N) is 1. The van der Waals surface area contributed by atoms with Gasteiger partial charge in [0, 0.05) is 5.71 Å². The van der Waals surface area contributed by atoms with E-state index in [1.165, 1.54) is 82.8 Å². The van der Waals surface area contributed by atoms with E-state index in [4.69, 9.17) is 5.11 Å². The number of aromatic carboxylic acids is 1. The first-order chi connectivity index (χ1) is 12.8. The van der Waals surface area contributed by atoms with Crippen molar-refractivity contribution in [1.82, 2.24) is 0 Å². The zero-order chi connectivity index (χ0) is 18.5. The number of rotatable bonds is 3. The van der Waals surface area contributed by atoms with Gasteiger partial charge < -0.3 is 5.11 Å². The first-order valence-electron chi connectivity index (χ1n) is 10.4. The SMILES string of the molecule is O=C(O)c1ccc(NN=C2CCCCCCCCCCCCCC2)cc1. The van der Waals surface area contributed by atoms with E-state index in [0.29, 0.717) is 5.56 Å². The number of benzene rings is 1. The Bertz CT molecular complexity index is 534. The summed E-state index contributed by atoms with van der Waals surface area (Å²) in [6.45, 7) is 0. The normalized spacial score (nSPS) is 18.4. The van der Waals surface area contributed by atoms with Gasteiger partial charge in [0.15, 0.2) is 0 Å². The van der Waals surface area contributed by atoms with Gasteiger partial charge in [0.05, 0.1) is 11.3 Å². The molecule has 1 aliphatic rings. The molecule has 0 heterocycles. The van der Waals surface area contributed by atoms with Crippen LogP contribution in [0.4, 0.5) is 5.69 Å². The van der Waals surface area contributed by atoms with Crippen LogP contribution in [-0.2, 0) is 0 Å². The van der Waals surface area contributed by atoms with Crippen molar-refractivity contribution in [2.24, 2.45) is 5.10 Å². The van der Waals surface area contributed by atoms with E-state index < -0.39 is 5.97 Å². The van der Waals surface area contributed by atoms with Gasteiger partial charge in [0.25, 0.3) is 0 Å². The zero-order valence-corrected chi connectivity index (χ0v) is 16.0. The second-order valence-electron chi connectivity index (χ2n) is 7.41.